The van der Waals surface area contributed by atoms with E-state index in [1.807, 2.05) is 29.2 Å². The number of hydrogen-bond donors (Lipinski definition) is 1. The van der Waals surface area contributed by atoms with Gasteiger partial charge in [-0.05, 0) is 61.2 Å². The number of aryl methyl sites for hydroxylation is 1. The van der Waals surface area contributed by atoms with Crippen LogP contribution in [0.15, 0.2) is 48.5 Å². The summed E-state index contributed by atoms with van der Waals surface area (Å²) in [5, 5.41) is 0. The average Bonchev–Trinajstić information content (AvgIpc) is 2.79. The lowest BCUT2D eigenvalue weighted by Gasteiger charge is -2.36. The van der Waals surface area contributed by atoms with Gasteiger partial charge in [0.15, 0.2) is 0 Å². The zero-order chi connectivity index (χ0) is 21.3. The molecule has 1 heterocycles. The number of nitrogens with zero attached hydrogens (tertiary/aromatic N) is 2. The number of amides is 2. The second kappa shape index (κ2) is 10.7. The van der Waals surface area contributed by atoms with Crippen molar-refractivity contribution in [2.45, 2.75) is 32.1 Å². The van der Waals surface area contributed by atoms with Crippen LogP contribution in [0.5, 0.6) is 5.75 Å². The van der Waals surface area contributed by atoms with Crippen molar-refractivity contribution in [2.75, 3.05) is 38.2 Å². The standard InChI is InChI=1S/C24H31N3O3/c1-30-22-13-7-19(8-14-22)5-3-2-4-6-23(28)27-17-15-26(16-18-27)21-11-9-20(10-12-21)24(25)29/h7-14H,2-6,15-18H2,1H3,(H2,25,29). The van der Waals surface area contributed by atoms with E-state index < -0.39 is 5.91 Å². The normalized spacial score (nSPS) is 13.9. The van der Waals surface area contributed by atoms with Crippen molar-refractivity contribution in [3.05, 3.63) is 59.7 Å². The van der Waals surface area contributed by atoms with E-state index in [9.17, 15) is 9.59 Å². The summed E-state index contributed by atoms with van der Waals surface area (Å²) in [5.41, 5.74) is 8.17. The predicted molar refractivity (Wildman–Crippen MR) is 119 cm³/mol. The van der Waals surface area contributed by atoms with Crippen molar-refractivity contribution in [3.63, 3.8) is 0 Å². The third-order valence-electron chi connectivity index (χ3n) is 5.66. The molecule has 0 atom stereocenters. The molecule has 6 nitrogen and oxygen atoms in total. The minimum Gasteiger partial charge on any atom is -0.497 e. The summed E-state index contributed by atoms with van der Waals surface area (Å²) < 4.78 is 5.18. The van der Waals surface area contributed by atoms with Crippen LogP contribution in [0.1, 0.15) is 41.6 Å². The second-order valence-corrected chi connectivity index (χ2v) is 7.69. The number of piperazine rings is 1. The maximum absolute atomic E-state index is 12.5. The zero-order valence-electron chi connectivity index (χ0n) is 17.7. The Morgan fingerprint density at radius 3 is 2.17 bits per heavy atom. The van der Waals surface area contributed by atoms with E-state index in [0.717, 1.165) is 63.3 Å². The van der Waals surface area contributed by atoms with E-state index in [1.165, 1.54) is 5.56 Å². The van der Waals surface area contributed by atoms with Gasteiger partial charge in [-0.3, -0.25) is 9.59 Å². The quantitative estimate of drug-likeness (QED) is 0.645. The molecule has 0 unspecified atom stereocenters. The lowest BCUT2D eigenvalue weighted by Crippen LogP contribution is -2.48. The molecule has 160 valence electrons. The minimum atomic E-state index is -0.416. The van der Waals surface area contributed by atoms with E-state index in [4.69, 9.17) is 10.5 Å². The number of rotatable bonds is 9. The number of ether oxygens (including phenoxy) is 1. The van der Waals surface area contributed by atoms with Crippen molar-refractivity contribution in [1.82, 2.24) is 4.90 Å². The molecule has 0 bridgehead atoms. The van der Waals surface area contributed by atoms with Gasteiger partial charge in [-0.25, -0.2) is 0 Å². The highest BCUT2D eigenvalue weighted by Gasteiger charge is 2.21. The first-order valence-corrected chi connectivity index (χ1v) is 10.6. The van der Waals surface area contributed by atoms with Gasteiger partial charge in [-0.15, -0.1) is 0 Å². The fraction of sp³-hybridized carbons (Fsp3) is 0.417. The maximum atomic E-state index is 12.5. The molecule has 2 aromatic rings. The number of carbonyl (C=O) groups excluding carboxylic acids is 2. The molecule has 6 heteroatoms. The third-order valence-corrected chi connectivity index (χ3v) is 5.66. The van der Waals surface area contributed by atoms with Crippen LogP contribution >= 0.6 is 0 Å². The van der Waals surface area contributed by atoms with Gasteiger partial charge in [0.05, 0.1) is 7.11 Å². The van der Waals surface area contributed by atoms with Gasteiger partial charge in [0.2, 0.25) is 11.8 Å². The zero-order valence-corrected chi connectivity index (χ0v) is 17.7. The fourth-order valence-corrected chi connectivity index (χ4v) is 3.78. The molecule has 0 aliphatic carbocycles. The monoisotopic (exact) mass is 409 g/mol. The molecule has 0 saturated carbocycles. The van der Waals surface area contributed by atoms with Crippen molar-refractivity contribution >= 4 is 17.5 Å². The van der Waals surface area contributed by atoms with Gasteiger partial charge in [0, 0.05) is 43.9 Å². The van der Waals surface area contributed by atoms with Crippen molar-refractivity contribution in [1.29, 1.82) is 0 Å². The van der Waals surface area contributed by atoms with Gasteiger partial charge in [0.25, 0.3) is 0 Å². The van der Waals surface area contributed by atoms with Crippen LogP contribution in [0.25, 0.3) is 0 Å². The Morgan fingerprint density at radius 2 is 1.57 bits per heavy atom. The Hall–Kier alpha value is -3.02. The maximum Gasteiger partial charge on any atom is 0.248 e. The summed E-state index contributed by atoms with van der Waals surface area (Å²) in [6.45, 7) is 3.09. The Balaban J connectivity index is 1.33. The molecule has 1 aliphatic rings. The lowest BCUT2D eigenvalue weighted by atomic mass is 10.1. The summed E-state index contributed by atoms with van der Waals surface area (Å²) in [4.78, 5) is 27.9. The first kappa shape index (κ1) is 21.7. The molecule has 3 rings (SSSR count). The highest BCUT2D eigenvalue weighted by molar-refractivity contribution is 5.93. The molecule has 1 fully saturated rings. The largest absolute Gasteiger partial charge is 0.497 e. The van der Waals surface area contributed by atoms with E-state index >= 15 is 0 Å². The van der Waals surface area contributed by atoms with Crippen LogP contribution in [0.4, 0.5) is 5.69 Å². The fourth-order valence-electron chi connectivity index (χ4n) is 3.78. The number of methoxy groups -OCH3 is 1. The van der Waals surface area contributed by atoms with Crippen LogP contribution in [-0.2, 0) is 11.2 Å². The number of benzene rings is 2. The van der Waals surface area contributed by atoms with Crippen molar-refractivity contribution < 1.29 is 14.3 Å². The average molecular weight is 410 g/mol. The van der Waals surface area contributed by atoms with E-state index in [-0.39, 0.29) is 5.91 Å². The number of carbonyl (C=O) groups is 2. The highest BCUT2D eigenvalue weighted by atomic mass is 16.5. The number of nitrogens with two attached hydrogens (primary N) is 1. The van der Waals surface area contributed by atoms with Gasteiger partial charge in [-0.2, -0.15) is 0 Å². The predicted octanol–water partition coefficient (Wildman–Crippen LogP) is 3.25. The summed E-state index contributed by atoms with van der Waals surface area (Å²) in [6, 6.07) is 15.5. The van der Waals surface area contributed by atoms with Gasteiger partial charge in [-0.1, -0.05) is 18.6 Å². The molecular formula is C24H31N3O3. The minimum absolute atomic E-state index is 0.253. The number of hydrogen-bond acceptors (Lipinski definition) is 4. The van der Waals surface area contributed by atoms with E-state index in [2.05, 4.69) is 17.0 Å². The van der Waals surface area contributed by atoms with Crippen LogP contribution in [-0.4, -0.2) is 50.0 Å². The number of primary amides is 1. The Labute approximate surface area is 178 Å². The summed E-state index contributed by atoms with van der Waals surface area (Å²) in [7, 11) is 1.68. The highest BCUT2D eigenvalue weighted by Crippen LogP contribution is 2.18. The SMILES string of the molecule is COc1ccc(CCCCCC(=O)N2CCN(c3ccc(C(N)=O)cc3)CC2)cc1. The molecule has 0 radical (unpaired) electrons. The van der Waals surface area contributed by atoms with Crippen molar-refractivity contribution in [2.24, 2.45) is 5.73 Å². The molecule has 2 N–H and O–H groups in total. The van der Waals surface area contributed by atoms with Gasteiger partial charge < -0.3 is 20.3 Å². The van der Waals surface area contributed by atoms with E-state index in [1.54, 1.807) is 19.2 Å². The van der Waals surface area contributed by atoms with Gasteiger partial charge >= 0.3 is 0 Å². The molecule has 2 amide bonds. The summed E-state index contributed by atoms with van der Waals surface area (Å²) in [5.74, 6) is 0.719. The summed E-state index contributed by atoms with van der Waals surface area (Å²) >= 11 is 0. The van der Waals surface area contributed by atoms with Crippen LogP contribution < -0.4 is 15.4 Å². The van der Waals surface area contributed by atoms with E-state index in [0.29, 0.717) is 12.0 Å². The molecule has 1 saturated heterocycles. The number of anilines is 1. The lowest BCUT2D eigenvalue weighted by molar-refractivity contribution is -0.131. The Kier molecular flexibility index (Phi) is 7.71. The number of unbranched alkanes of at least 4 members (excludes halogenated alkanes) is 2. The molecule has 30 heavy (non-hydrogen) atoms. The molecule has 0 aromatic heterocycles. The van der Waals surface area contributed by atoms with Crippen LogP contribution in [0, 0.1) is 0 Å². The first-order chi connectivity index (χ1) is 14.6. The third kappa shape index (κ3) is 5.99. The summed E-state index contributed by atoms with van der Waals surface area (Å²) in [6.07, 6.45) is 4.74. The molecular weight excluding hydrogens is 378 g/mol. The molecule has 1 aliphatic heterocycles. The second-order valence-electron chi connectivity index (χ2n) is 7.69. The van der Waals surface area contributed by atoms with Gasteiger partial charge in [0.1, 0.15) is 5.75 Å². The van der Waals surface area contributed by atoms with Crippen LogP contribution in [0.2, 0.25) is 0 Å². The van der Waals surface area contributed by atoms with Crippen molar-refractivity contribution in [3.8, 4) is 5.75 Å². The topological polar surface area (TPSA) is 75.9 Å². The Morgan fingerprint density at radius 1 is 0.900 bits per heavy atom. The first-order valence-electron chi connectivity index (χ1n) is 10.6. The smallest absolute Gasteiger partial charge is 0.248 e. The van der Waals surface area contributed by atoms with Crippen LogP contribution in [0.3, 0.4) is 0 Å². The Bertz CT molecular complexity index is 826. The molecule has 0 spiro atoms. The molecule has 2 aromatic carbocycles.